The molecule has 1 nitrogen and oxygen atoms in total. The Balaban J connectivity index is 2.89. The molecule has 12 heavy (non-hydrogen) atoms. The van der Waals surface area contributed by atoms with Crippen molar-refractivity contribution in [1.82, 2.24) is 0 Å². The van der Waals surface area contributed by atoms with Crippen molar-refractivity contribution in [2.45, 2.75) is 20.3 Å². The van der Waals surface area contributed by atoms with Crippen molar-refractivity contribution in [1.29, 1.82) is 0 Å². The van der Waals surface area contributed by atoms with Crippen molar-refractivity contribution in [2.24, 2.45) is 5.73 Å². The SMILES string of the molecule is C=C(N)Cc1ccc(C)c(C)c1. The normalized spacial score (nSPS) is 9.83. The number of hydrogen-bond donors (Lipinski definition) is 1. The van der Waals surface area contributed by atoms with Gasteiger partial charge in [-0.1, -0.05) is 24.8 Å². The molecule has 64 valence electrons. The molecule has 0 saturated carbocycles. The van der Waals surface area contributed by atoms with Gasteiger partial charge in [-0.15, -0.1) is 0 Å². The molecule has 1 heteroatoms. The Morgan fingerprint density at radius 2 is 2.00 bits per heavy atom. The minimum absolute atomic E-state index is 0.721. The molecule has 2 N–H and O–H groups in total. The highest BCUT2D eigenvalue weighted by molar-refractivity contribution is 5.31. The van der Waals surface area contributed by atoms with E-state index in [1.807, 2.05) is 0 Å². The number of aryl methyl sites for hydroxylation is 2. The summed E-state index contributed by atoms with van der Waals surface area (Å²) in [6.07, 6.45) is 0.779. The van der Waals surface area contributed by atoms with Gasteiger partial charge in [-0.2, -0.15) is 0 Å². The van der Waals surface area contributed by atoms with Crippen LogP contribution in [0.5, 0.6) is 0 Å². The smallest absolute Gasteiger partial charge is 0.0115 e. The zero-order valence-corrected chi connectivity index (χ0v) is 7.72. The largest absolute Gasteiger partial charge is 0.402 e. The van der Waals surface area contributed by atoms with Gasteiger partial charge < -0.3 is 5.73 Å². The molecule has 0 amide bonds. The third-order valence-electron chi connectivity index (χ3n) is 2.00. The molecule has 0 aromatic heterocycles. The first-order chi connectivity index (χ1) is 5.59. The van der Waals surface area contributed by atoms with Crippen molar-refractivity contribution >= 4 is 0 Å². The molecule has 0 aliphatic heterocycles. The molecule has 0 unspecified atom stereocenters. The predicted octanol–water partition coefficient (Wildman–Crippen LogP) is 2.32. The molecule has 0 saturated heterocycles. The average molecular weight is 161 g/mol. The quantitative estimate of drug-likeness (QED) is 0.707. The van der Waals surface area contributed by atoms with Gasteiger partial charge in [0.05, 0.1) is 0 Å². The molecular formula is C11H15N. The maximum Gasteiger partial charge on any atom is 0.0115 e. The Bertz CT molecular complexity index is 300. The monoisotopic (exact) mass is 161 g/mol. The summed E-state index contributed by atoms with van der Waals surface area (Å²) in [6, 6.07) is 6.38. The van der Waals surface area contributed by atoms with Crippen LogP contribution >= 0.6 is 0 Å². The molecule has 0 atom stereocenters. The average Bonchev–Trinajstić information content (AvgIpc) is 1.96. The highest BCUT2D eigenvalue weighted by atomic mass is 14.6. The van der Waals surface area contributed by atoms with Crippen LogP contribution in [0, 0.1) is 13.8 Å². The van der Waals surface area contributed by atoms with E-state index < -0.39 is 0 Å². The van der Waals surface area contributed by atoms with Gasteiger partial charge in [0.1, 0.15) is 0 Å². The predicted molar refractivity (Wildman–Crippen MR) is 52.9 cm³/mol. The molecule has 0 spiro atoms. The van der Waals surface area contributed by atoms with Crippen molar-refractivity contribution in [2.75, 3.05) is 0 Å². The number of nitrogens with two attached hydrogens (primary N) is 1. The van der Waals surface area contributed by atoms with Gasteiger partial charge in [0, 0.05) is 12.1 Å². The van der Waals surface area contributed by atoms with Crippen LogP contribution in [-0.4, -0.2) is 0 Å². The Kier molecular flexibility index (Phi) is 2.54. The van der Waals surface area contributed by atoms with Gasteiger partial charge in [-0.05, 0) is 30.5 Å². The van der Waals surface area contributed by atoms with Crippen molar-refractivity contribution in [3.05, 3.63) is 47.2 Å². The van der Waals surface area contributed by atoms with E-state index in [0.717, 1.165) is 12.1 Å². The Morgan fingerprint density at radius 1 is 1.33 bits per heavy atom. The van der Waals surface area contributed by atoms with Crippen LogP contribution < -0.4 is 5.73 Å². The van der Waals surface area contributed by atoms with E-state index in [2.05, 4.69) is 38.6 Å². The molecular weight excluding hydrogens is 146 g/mol. The number of benzene rings is 1. The van der Waals surface area contributed by atoms with E-state index >= 15 is 0 Å². The fourth-order valence-corrected chi connectivity index (χ4v) is 1.18. The molecule has 0 radical (unpaired) electrons. The number of allylic oxidation sites excluding steroid dienone is 1. The molecule has 1 rings (SSSR count). The Hall–Kier alpha value is -1.24. The lowest BCUT2D eigenvalue weighted by atomic mass is 10.0. The van der Waals surface area contributed by atoms with Crippen molar-refractivity contribution < 1.29 is 0 Å². The van der Waals surface area contributed by atoms with Crippen LogP contribution in [0.4, 0.5) is 0 Å². The second kappa shape index (κ2) is 3.44. The fourth-order valence-electron chi connectivity index (χ4n) is 1.18. The lowest BCUT2D eigenvalue weighted by Gasteiger charge is -2.04. The first-order valence-corrected chi connectivity index (χ1v) is 4.09. The minimum atomic E-state index is 0.721. The first kappa shape index (κ1) is 8.85. The van der Waals surface area contributed by atoms with Gasteiger partial charge in [-0.25, -0.2) is 0 Å². The third-order valence-corrected chi connectivity index (χ3v) is 2.00. The zero-order valence-electron chi connectivity index (χ0n) is 7.72. The maximum absolute atomic E-state index is 5.52. The van der Waals surface area contributed by atoms with Crippen LogP contribution in [0.2, 0.25) is 0 Å². The van der Waals surface area contributed by atoms with Gasteiger partial charge in [0.25, 0.3) is 0 Å². The van der Waals surface area contributed by atoms with Gasteiger partial charge in [-0.3, -0.25) is 0 Å². The van der Waals surface area contributed by atoms with Crippen LogP contribution in [0.25, 0.3) is 0 Å². The Labute approximate surface area is 73.9 Å². The van der Waals surface area contributed by atoms with Gasteiger partial charge in [0.2, 0.25) is 0 Å². The summed E-state index contributed by atoms with van der Waals surface area (Å²) < 4.78 is 0. The first-order valence-electron chi connectivity index (χ1n) is 4.09. The topological polar surface area (TPSA) is 26.0 Å². The third kappa shape index (κ3) is 2.12. The molecule has 0 bridgehead atoms. The highest BCUT2D eigenvalue weighted by Crippen LogP contribution is 2.11. The zero-order chi connectivity index (χ0) is 9.14. The molecule has 0 fully saturated rings. The van der Waals surface area contributed by atoms with Crippen LogP contribution in [0.15, 0.2) is 30.5 Å². The lowest BCUT2D eigenvalue weighted by Crippen LogP contribution is -1.99. The summed E-state index contributed by atoms with van der Waals surface area (Å²) in [6.45, 7) is 7.90. The fraction of sp³-hybridized carbons (Fsp3) is 0.273. The molecule has 0 heterocycles. The highest BCUT2D eigenvalue weighted by Gasteiger charge is 1.96. The standard InChI is InChI=1S/C11H15N/c1-8-4-5-11(6-9(8)2)7-10(3)12/h4-6H,3,7,12H2,1-2H3. The Morgan fingerprint density at radius 3 is 2.50 bits per heavy atom. The molecule has 0 aliphatic carbocycles. The summed E-state index contributed by atoms with van der Waals surface area (Å²) in [7, 11) is 0. The number of hydrogen-bond acceptors (Lipinski definition) is 1. The maximum atomic E-state index is 5.52. The van der Waals surface area contributed by atoms with Crippen LogP contribution in [0.3, 0.4) is 0 Å². The summed E-state index contributed by atoms with van der Waals surface area (Å²) in [5, 5.41) is 0. The number of rotatable bonds is 2. The second-order valence-electron chi connectivity index (χ2n) is 3.25. The van der Waals surface area contributed by atoms with E-state index in [9.17, 15) is 0 Å². The van der Waals surface area contributed by atoms with Crippen molar-refractivity contribution in [3.8, 4) is 0 Å². The van der Waals surface area contributed by atoms with Crippen LogP contribution in [0.1, 0.15) is 16.7 Å². The van der Waals surface area contributed by atoms with E-state index in [4.69, 9.17) is 5.73 Å². The second-order valence-corrected chi connectivity index (χ2v) is 3.25. The molecule has 1 aromatic carbocycles. The van der Waals surface area contributed by atoms with E-state index in [-0.39, 0.29) is 0 Å². The summed E-state index contributed by atoms with van der Waals surface area (Å²) in [5.74, 6) is 0. The van der Waals surface area contributed by atoms with E-state index in [0.29, 0.717) is 0 Å². The molecule has 1 aromatic rings. The summed E-state index contributed by atoms with van der Waals surface area (Å²) >= 11 is 0. The van der Waals surface area contributed by atoms with E-state index in [1.54, 1.807) is 0 Å². The minimum Gasteiger partial charge on any atom is -0.402 e. The van der Waals surface area contributed by atoms with E-state index in [1.165, 1.54) is 16.7 Å². The van der Waals surface area contributed by atoms with Crippen molar-refractivity contribution in [3.63, 3.8) is 0 Å². The molecule has 0 aliphatic rings. The summed E-state index contributed by atoms with van der Waals surface area (Å²) in [4.78, 5) is 0. The lowest BCUT2D eigenvalue weighted by molar-refractivity contribution is 1.11. The van der Waals surface area contributed by atoms with Crippen LogP contribution in [-0.2, 0) is 6.42 Å². The summed E-state index contributed by atoms with van der Waals surface area (Å²) in [5.41, 5.74) is 10.1. The van der Waals surface area contributed by atoms with Gasteiger partial charge in [0.15, 0.2) is 0 Å². The van der Waals surface area contributed by atoms with Gasteiger partial charge >= 0.3 is 0 Å².